The van der Waals surface area contributed by atoms with Gasteiger partial charge in [0.1, 0.15) is 0 Å². The van der Waals surface area contributed by atoms with E-state index in [4.69, 9.17) is 4.42 Å². The molecule has 2 amide bonds. The fraction of sp³-hybridized carbons (Fsp3) is 0.368. The van der Waals surface area contributed by atoms with Gasteiger partial charge in [-0.25, -0.2) is 0 Å². The molecular formula is C19H24N2O3. The summed E-state index contributed by atoms with van der Waals surface area (Å²) in [6, 6.07) is 13.4. The molecule has 5 heteroatoms. The summed E-state index contributed by atoms with van der Waals surface area (Å²) in [6.45, 7) is 3.87. The van der Waals surface area contributed by atoms with Gasteiger partial charge in [-0.15, -0.1) is 0 Å². The Kier molecular flexibility index (Phi) is 7.08. The summed E-state index contributed by atoms with van der Waals surface area (Å²) in [7, 11) is 0. The molecule has 128 valence electrons. The quantitative estimate of drug-likeness (QED) is 0.720. The second-order valence-corrected chi connectivity index (χ2v) is 5.55. The first-order valence-corrected chi connectivity index (χ1v) is 8.34. The van der Waals surface area contributed by atoms with Crippen LogP contribution in [0.4, 0.5) is 0 Å². The third-order valence-corrected chi connectivity index (χ3v) is 3.85. The van der Waals surface area contributed by atoms with Crippen molar-refractivity contribution in [3.05, 3.63) is 60.1 Å². The fourth-order valence-corrected chi connectivity index (χ4v) is 2.46. The van der Waals surface area contributed by atoms with E-state index in [1.165, 1.54) is 11.8 Å². The summed E-state index contributed by atoms with van der Waals surface area (Å²) in [5, 5.41) is 2.75. The third kappa shape index (κ3) is 5.57. The highest BCUT2D eigenvalue weighted by Crippen LogP contribution is 2.04. The van der Waals surface area contributed by atoms with Crippen LogP contribution in [0.25, 0.3) is 0 Å². The van der Waals surface area contributed by atoms with Crippen molar-refractivity contribution in [3.63, 3.8) is 0 Å². The molecular weight excluding hydrogens is 304 g/mol. The van der Waals surface area contributed by atoms with Crippen LogP contribution in [-0.4, -0.2) is 36.3 Å². The normalized spacial score (nSPS) is 10.4. The molecule has 1 aromatic heterocycles. The summed E-state index contributed by atoms with van der Waals surface area (Å²) < 4.78 is 5.02. The van der Waals surface area contributed by atoms with Crippen molar-refractivity contribution in [1.82, 2.24) is 10.2 Å². The molecule has 1 N–H and O–H groups in total. The van der Waals surface area contributed by atoms with E-state index in [1.807, 2.05) is 30.0 Å². The van der Waals surface area contributed by atoms with Gasteiger partial charge in [0, 0.05) is 26.1 Å². The summed E-state index contributed by atoms with van der Waals surface area (Å²) in [6.07, 6.45) is 3.37. The number of hydrogen-bond acceptors (Lipinski definition) is 3. The highest BCUT2D eigenvalue weighted by molar-refractivity contribution is 5.91. The molecule has 1 aromatic carbocycles. The van der Waals surface area contributed by atoms with E-state index in [0.717, 1.165) is 13.0 Å². The van der Waals surface area contributed by atoms with Crippen LogP contribution in [0.1, 0.15) is 35.9 Å². The number of amides is 2. The minimum atomic E-state index is -0.246. The molecule has 2 aromatic rings. The van der Waals surface area contributed by atoms with E-state index in [9.17, 15) is 9.59 Å². The van der Waals surface area contributed by atoms with Gasteiger partial charge in [0.25, 0.3) is 5.91 Å². The molecule has 0 saturated heterocycles. The Morgan fingerprint density at radius 3 is 2.58 bits per heavy atom. The first-order chi connectivity index (χ1) is 11.7. The topological polar surface area (TPSA) is 62.6 Å². The highest BCUT2D eigenvalue weighted by Gasteiger charge is 2.12. The van der Waals surface area contributed by atoms with Crippen LogP contribution in [0, 0.1) is 0 Å². The zero-order valence-corrected chi connectivity index (χ0v) is 14.0. The van der Waals surface area contributed by atoms with Gasteiger partial charge in [-0.05, 0) is 37.5 Å². The monoisotopic (exact) mass is 328 g/mol. The molecule has 5 nitrogen and oxygen atoms in total. The minimum absolute atomic E-state index is 0.126. The number of benzene rings is 1. The number of furan rings is 1. The number of carbonyl (C=O) groups excluding carboxylic acids is 2. The van der Waals surface area contributed by atoms with Crippen molar-refractivity contribution in [2.75, 3.05) is 19.6 Å². The zero-order valence-electron chi connectivity index (χ0n) is 14.0. The molecule has 0 aliphatic heterocycles. The average molecular weight is 328 g/mol. The molecule has 0 fully saturated rings. The number of nitrogens with zero attached hydrogens (tertiary/aromatic N) is 1. The van der Waals surface area contributed by atoms with E-state index in [1.54, 1.807) is 12.1 Å². The second-order valence-electron chi connectivity index (χ2n) is 5.55. The third-order valence-electron chi connectivity index (χ3n) is 3.85. The standard InChI is InChI=1S/C19H24N2O3/c1-2-21(14-12-16-8-4-3-5-9-16)18(22)11-6-13-20-19(23)17-10-7-15-24-17/h3-5,7-10,15H,2,6,11-14H2,1H3,(H,20,23). The minimum Gasteiger partial charge on any atom is -0.459 e. The Labute approximate surface area is 142 Å². The zero-order chi connectivity index (χ0) is 17.2. The second kappa shape index (κ2) is 9.55. The molecule has 0 saturated carbocycles. The van der Waals surface area contributed by atoms with Crippen molar-refractivity contribution < 1.29 is 14.0 Å². The maximum Gasteiger partial charge on any atom is 0.286 e. The summed E-state index contributed by atoms with van der Waals surface area (Å²) in [5.74, 6) is 0.170. The van der Waals surface area contributed by atoms with Crippen molar-refractivity contribution in [1.29, 1.82) is 0 Å². The Balaban J connectivity index is 1.67. The number of likely N-dealkylation sites (N-methyl/N-ethyl adjacent to an activating group) is 1. The molecule has 0 aliphatic rings. The van der Waals surface area contributed by atoms with Crippen molar-refractivity contribution >= 4 is 11.8 Å². The molecule has 0 spiro atoms. The van der Waals surface area contributed by atoms with Gasteiger partial charge < -0.3 is 14.6 Å². The molecule has 24 heavy (non-hydrogen) atoms. The van der Waals surface area contributed by atoms with Gasteiger partial charge in [0.15, 0.2) is 5.76 Å². The maximum absolute atomic E-state index is 12.3. The summed E-state index contributed by atoms with van der Waals surface area (Å²) >= 11 is 0. The van der Waals surface area contributed by atoms with Crippen LogP contribution in [0.15, 0.2) is 53.1 Å². The van der Waals surface area contributed by atoms with Crippen LogP contribution < -0.4 is 5.32 Å². The van der Waals surface area contributed by atoms with E-state index in [2.05, 4.69) is 17.4 Å². The molecule has 0 radical (unpaired) electrons. The lowest BCUT2D eigenvalue weighted by Gasteiger charge is -2.21. The van der Waals surface area contributed by atoms with Gasteiger partial charge in [-0.2, -0.15) is 0 Å². The average Bonchev–Trinajstić information content (AvgIpc) is 3.14. The van der Waals surface area contributed by atoms with Crippen LogP contribution in [-0.2, 0) is 11.2 Å². The van der Waals surface area contributed by atoms with Crippen molar-refractivity contribution in [2.45, 2.75) is 26.2 Å². The molecule has 2 rings (SSSR count). The predicted octanol–water partition coefficient (Wildman–Crippen LogP) is 2.88. The van der Waals surface area contributed by atoms with Crippen LogP contribution >= 0.6 is 0 Å². The number of nitrogens with one attached hydrogen (secondary N) is 1. The lowest BCUT2D eigenvalue weighted by Crippen LogP contribution is -2.33. The number of carbonyl (C=O) groups is 2. The van der Waals surface area contributed by atoms with Crippen molar-refractivity contribution in [3.8, 4) is 0 Å². The summed E-state index contributed by atoms with van der Waals surface area (Å²) in [4.78, 5) is 25.8. The van der Waals surface area contributed by atoms with E-state index in [-0.39, 0.29) is 11.8 Å². The van der Waals surface area contributed by atoms with Gasteiger partial charge in [-0.1, -0.05) is 30.3 Å². The lowest BCUT2D eigenvalue weighted by molar-refractivity contribution is -0.131. The predicted molar refractivity (Wildman–Crippen MR) is 92.7 cm³/mol. The molecule has 0 aliphatic carbocycles. The fourth-order valence-electron chi connectivity index (χ4n) is 2.46. The van der Waals surface area contributed by atoms with E-state index >= 15 is 0 Å². The molecule has 0 atom stereocenters. The van der Waals surface area contributed by atoms with Gasteiger partial charge in [0.2, 0.25) is 5.91 Å². The summed E-state index contributed by atoms with van der Waals surface area (Å²) in [5.41, 5.74) is 1.23. The van der Waals surface area contributed by atoms with Gasteiger partial charge in [-0.3, -0.25) is 9.59 Å². The number of rotatable bonds is 9. The Hall–Kier alpha value is -2.56. The molecule has 0 bridgehead atoms. The van der Waals surface area contributed by atoms with Crippen LogP contribution in [0.5, 0.6) is 0 Å². The van der Waals surface area contributed by atoms with Gasteiger partial charge >= 0.3 is 0 Å². The Morgan fingerprint density at radius 1 is 1.12 bits per heavy atom. The Bertz CT molecular complexity index is 623. The maximum atomic E-state index is 12.3. The van der Waals surface area contributed by atoms with Crippen LogP contribution in [0.3, 0.4) is 0 Å². The SMILES string of the molecule is CCN(CCc1ccccc1)C(=O)CCCNC(=O)c1ccco1. The first kappa shape index (κ1) is 17.8. The van der Waals surface area contributed by atoms with Crippen molar-refractivity contribution in [2.24, 2.45) is 0 Å². The largest absolute Gasteiger partial charge is 0.459 e. The van der Waals surface area contributed by atoms with E-state index in [0.29, 0.717) is 31.7 Å². The number of hydrogen-bond donors (Lipinski definition) is 1. The molecule has 1 heterocycles. The smallest absolute Gasteiger partial charge is 0.286 e. The van der Waals surface area contributed by atoms with E-state index < -0.39 is 0 Å². The Morgan fingerprint density at radius 2 is 1.92 bits per heavy atom. The van der Waals surface area contributed by atoms with Gasteiger partial charge in [0.05, 0.1) is 6.26 Å². The lowest BCUT2D eigenvalue weighted by atomic mass is 10.1. The van der Waals surface area contributed by atoms with Crippen LogP contribution in [0.2, 0.25) is 0 Å². The highest BCUT2D eigenvalue weighted by atomic mass is 16.3. The first-order valence-electron chi connectivity index (χ1n) is 8.34. The molecule has 0 unspecified atom stereocenters.